The van der Waals surface area contributed by atoms with Gasteiger partial charge in [-0.05, 0) is 24.3 Å². The summed E-state index contributed by atoms with van der Waals surface area (Å²) in [5, 5.41) is 0. The molecule has 23 heavy (non-hydrogen) atoms. The summed E-state index contributed by atoms with van der Waals surface area (Å²) in [5.74, 6) is -2.17. The molecule has 1 aliphatic heterocycles. The molecule has 0 aliphatic carbocycles. The van der Waals surface area contributed by atoms with E-state index in [0.717, 1.165) is 18.2 Å². The summed E-state index contributed by atoms with van der Waals surface area (Å²) in [6, 6.07) is 4.36. The number of furan rings is 1. The van der Waals surface area contributed by atoms with Gasteiger partial charge in [0, 0.05) is 26.2 Å². The quantitative estimate of drug-likeness (QED) is 0.852. The highest BCUT2D eigenvalue weighted by Crippen LogP contribution is 2.15. The first-order valence-electron chi connectivity index (χ1n) is 7.12. The second-order valence-electron chi connectivity index (χ2n) is 5.22. The molecule has 0 bridgehead atoms. The maximum Gasteiger partial charge on any atom is 0.257 e. The van der Waals surface area contributed by atoms with Gasteiger partial charge in [0.25, 0.3) is 11.8 Å². The number of carbonyl (C=O) groups is 2. The van der Waals surface area contributed by atoms with Crippen LogP contribution in [0.3, 0.4) is 0 Å². The molecule has 120 valence electrons. The predicted molar refractivity (Wildman–Crippen MR) is 76.9 cm³/mol. The normalized spacial score (nSPS) is 14.9. The summed E-state index contributed by atoms with van der Waals surface area (Å²) in [7, 11) is 0. The maximum atomic E-state index is 13.7. The van der Waals surface area contributed by atoms with Gasteiger partial charge < -0.3 is 14.2 Å². The molecule has 1 saturated heterocycles. The van der Waals surface area contributed by atoms with Crippen molar-refractivity contribution in [1.82, 2.24) is 9.80 Å². The van der Waals surface area contributed by atoms with E-state index in [9.17, 15) is 18.4 Å². The van der Waals surface area contributed by atoms with Gasteiger partial charge >= 0.3 is 0 Å². The van der Waals surface area contributed by atoms with Crippen molar-refractivity contribution in [2.24, 2.45) is 0 Å². The Bertz CT molecular complexity index is 723. The fourth-order valence-electron chi connectivity index (χ4n) is 2.51. The highest BCUT2D eigenvalue weighted by Gasteiger charge is 2.27. The minimum absolute atomic E-state index is 0.178. The zero-order valence-electron chi connectivity index (χ0n) is 12.2. The summed E-state index contributed by atoms with van der Waals surface area (Å²) in [4.78, 5) is 27.4. The molecule has 5 nitrogen and oxygen atoms in total. The van der Waals surface area contributed by atoms with Crippen LogP contribution in [0.2, 0.25) is 0 Å². The van der Waals surface area contributed by atoms with Crippen molar-refractivity contribution >= 4 is 11.8 Å². The van der Waals surface area contributed by atoms with Gasteiger partial charge in [0.05, 0.1) is 17.4 Å². The third-order valence-corrected chi connectivity index (χ3v) is 3.78. The topological polar surface area (TPSA) is 53.8 Å². The number of nitrogens with zero attached hydrogens (tertiary/aromatic N) is 2. The number of amides is 2. The summed E-state index contributed by atoms with van der Waals surface area (Å²) in [5.41, 5.74) is 0.153. The molecule has 0 N–H and O–H groups in total. The lowest BCUT2D eigenvalue weighted by Crippen LogP contribution is -2.50. The lowest BCUT2D eigenvalue weighted by atomic mass is 10.1. The molecule has 0 radical (unpaired) electrons. The van der Waals surface area contributed by atoms with E-state index in [1.54, 1.807) is 11.0 Å². The second-order valence-corrected chi connectivity index (χ2v) is 5.22. The van der Waals surface area contributed by atoms with Gasteiger partial charge in [-0.2, -0.15) is 0 Å². The van der Waals surface area contributed by atoms with Crippen LogP contribution >= 0.6 is 0 Å². The summed E-state index contributed by atoms with van der Waals surface area (Å²) < 4.78 is 31.8. The Balaban J connectivity index is 1.66. The van der Waals surface area contributed by atoms with Gasteiger partial charge in [0.15, 0.2) is 0 Å². The molecule has 0 unspecified atom stereocenters. The van der Waals surface area contributed by atoms with Crippen LogP contribution in [0.4, 0.5) is 8.78 Å². The highest BCUT2D eigenvalue weighted by molar-refractivity contribution is 5.96. The zero-order chi connectivity index (χ0) is 16.4. The SMILES string of the molecule is O=C(c1ccoc1)N1CCN(C(=O)c2cc(F)ccc2F)CC1. The molecule has 3 rings (SSSR count). The van der Waals surface area contributed by atoms with Gasteiger partial charge in [-0.3, -0.25) is 9.59 Å². The minimum Gasteiger partial charge on any atom is -0.472 e. The van der Waals surface area contributed by atoms with Gasteiger partial charge in [-0.15, -0.1) is 0 Å². The number of carbonyl (C=O) groups excluding carboxylic acids is 2. The van der Waals surface area contributed by atoms with Crippen LogP contribution in [0.5, 0.6) is 0 Å². The average molecular weight is 320 g/mol. The van der Waals surface area contributed by atoms with E-state index in [0.29, 0.717) is 18.7 Å². The van der Waals surface area contributed by atoms with Crippen molar-refractivity contribution in [1.29, 1.82) is 0 Å². The Hall–Kier alpha value is -2.70. The van der Waals surface area contributed by atoms with E-state index < -0.39 is 17.5 Å². The van der Waals surface area contributed by atoms with Gasteiger partial charge in [0.1, 0.15) is 17.9 Å². The second kappa shape index (κ2) is 6.20. The van der Waals surface area contributed by atoms with E-state index >= 15 is 0 Å². The van der Waals surface area contributed by atoms with Crippen LogP contribution in [0.1, 0.15) is 20.7 Å². The molecule has 0 spiro atoms. The Kier molecular flexibility index (Phi) is 4.10. The van der Waals surface area contributed by atoms with E-state index in [1.807, 2.05) is 0 Å². The molecule has 2 heterocycles. The molecular formula is C16H14F2N2O3. The number of hydrogen-bond donors (Lipinski definition) is 0. The lowest BCUT2D eigenvalue weighted by molar-refractivity contribution is 0.0532. The lowest BCUT2D eigenvalue weighted by Gasteiger charge is -2.34. The zero-order valence-corrected chi connectivity index (χ0v) is 12.2. The van der Waals surface area contributed by atoms with Crippen LogP contribution in [0, 0.1) is 11.6 Å². The third kappa shape index (κ3) is 3.08. The molecule has 1 aliphatic rings. The molecule has 2 amide bonds. The largest absolute Gasteiger partial charge is 0.472 e. The van der Waals surface area contributed by atoms with Crippen LogP contribution in [0.25, 0.3) is 0 Å². The van der Waals surface area contributed by atoms with E-state index in [-0.39, 0.29) is 24.6 Å². The van der Waals surface area contributed by atoms with Crippen LogP contribution < -0.4 is 0 Å². The van der Waals surface area contributed by atoms with Gasteiger partial charge in [0.2, 0.25) is 0 Å². The molecule has 2 aromatic rings. The van der Waals surface area contributed by atoms with Crippen LogP contribution in [0.15, 0.2) is 41.2 Å². The average Bonchev–Trinajstić information content (AvgIpc) is 3.10. The monoisotopic (exact) mass is 320 g/mol. The predicted octanol–water partition coefficient (Wildman–Crippen LogP) is 2.16. The van der Waals surface area contributed by atoms with E-state index in [1.165, 1.54) is 17.4 Å². The van der Waals surface area contributed by atoms with E-state index in [2.05, 4.69) is 0 Å². The van der Waals surface area contributed by atoms with Crippen LogP contribution in [-0.2, 0) is 0 Å². The first kappa shape index (κ1) is 15.2. The van der Waals surface area contributed by atoms with Gasteiger partial charge in [-0.25, -0.2) is 8.78 Å². The van der Waals surface area contributed by atoms with Gasteiger partial charge in [-0.1, -0.05) is 0 Å². The number of halogens is 2. The van der Waals surface area contributed by atoms with Crippen molar-refractivity contribution in [2.75, 3.05) is 26.2 Å². The number of hydrogen-bond acceptors (Lipinski definition) is 3. The highest BCUT2D eigenvalue weighted by atomic mass is 19.1. The molecule has 0 saturated carbocycles. The van der Waals surface area contributed by atoms with Crippen molar-refractivity contribution in [3.05, 3.63) is 59.6 Å². The number of piperazine rings is 1. The fraction of sp³-hybridized carbons (Fsp3) is 0.250. The molecule has 1 fully saturated rings. The Morgan fingerprint density at radius 2 is 1.61 bits per heavy atom. The standard InChI is InChI=1S/C16H14F2N2O3/c17-12-1-2-14(18)13(9-12)16(22)20-6-4-19(5-7-20)15(21)11-3-8-23-10-11/h1-3,8-10H,4-7H2. The fourth-order valence-corrected chi connectivity index (χ4v) is 2.51. The minimum atomic E-state index is -0.756. The summed E-state index contributed by atoms with van der Waals surface area (Å²) in [6.07, 6.45) is 2.78. The van der Waals surface area contributed by atoms with Crippen LogP contribution in [-0.4, -0.2) is 47.8 Å². The van der Waals surface area contributed by atoms with E-state index in [4.69, 9.17) is 4.42 Å². The van der Waals surface area contributed by atoms with Crippen molar-refractivity contribution in [3.8, 4) is 0 Å². The first-order chi connectivity index (χ1) is 11.1. The summed E-state index contributed by atoms with van der Waals surface area (Å²) in [6.45, 7) is 1.18. The Morgan fingerprint density at radius 3 is 2.22 bits per heavy atom. The van der Waals surface area contributed by atoms with Crippen molar-refractivity contribution in [3.63, 3.8) is 0 Å². The third-order valence-electron chi connectivity index (χ3n) is 3.78. The molecule has 0 atom stereocenters. The smallest absolute Gasteiger partial charge is 0.257 e. The molecule has 7 heteroatoms. The van der Waals surface area contributed by atoms with Crippen molar-refractivity contribution in [2.45, 2.75) is 0 Å². The molecular weight excluding hydrogens is 306 g/mol. The number of rotatable bonds is 2. The van der Waals surface area contributed by atoms with Crippen molar-refractivity contribution < 1.29 is 22.8 Å². The Labute approximate surface area is 131 Å². The maximum absolute atomic E-state index is 13.7. The molecule has 1 aromatic heterocycles. The first-order valence-corrected chi connectivity index (χ1v) is 7.12. The summed E-state index contributed by atoms with van der Waals surface area (Å²) >= 11 is 0. The number of benzene rings is 1. The molecule has 1 aromatic carbocycles. The Morgan fingerprint density at radius 1 is 0.957 bits per heavy atom.